The van der Waals surface area contributed by atoms with E-state index in [0.29, 0.717) is 6.42 Å². The van der Waals surface area contributed by atoms with Crippen molar-refractivity contribution < 1.29 is 9.59 Å². The van der Waals surface area contributed by atoms with Gasteiger partial charge in [-0.25, -0.2) is 0 Å². The first-order valence-corrected chi connectivity index (χ1v) is 8.73. The van der Waals surface area contributed by atoms with E-state index >= 15 is 0 Å². The second kappa shape index (κ2) is 9.02. The second-order valence-corrected chi connectivity index (χ2v) is 6.24. The highest BCUT2D eigenvalue weighted by molar-refractivity contribution is 6.00. The Balaban J connectivity index is 1.97. The number of hydrogen-bond donors (Lipinski definition) is 2. The van der Waals surface area contributed by atoms with Gasteiger partial charge in [-0.1, -0.05) is 67.6 Å². The summed E-state index contributed by atoms with van der Waals surface area (Å²) >= 11 is 0. The number of amides is 2. The largest absolute Gasteiger partial charge is 0.349 e. The van der Waals surface area contributed by atoms with Crippen molar-refractivity contribution in [3.8, 4) is 0 Å². The van der Waals surface area contributed by atoms with Crippen molar-refractivity contribution >= 4 is 11.8 Å². The van der Waals surface area contributed by atoms with Crippen LogP contribution in [0, 0.1) is 5.92 Å². The van der Waals surface area contributed by atoms with Crippen LogP contribution in [-0.2, 0) is 9.59 Å². The Bertz CT molecular complexity index is 626. The summed E-state index contributed by atoms with van der Waals surface area (Å²) < 4.78 is 0. The average molecular weight is 338 g/mol. The van der Waals surface area contributed by atoms with Gasteiger partial charge >= 0.3 is 0 Å². The van der Waals surface area contributed by atoms with Gasteiger partial charge in [0.15, 0.2) is 0 Å². The van der Waals surface area contributed by atoms with Crippen molar-refractivity contribution in [1.82, 2.24) is 10.6 Å². The fourth-order valence-electron chi connectivity index (χ4n) is 2.77. The molecule has 4 nitrogen and oxygen atoms in total. The molecule has 132 valence electrons. The Kier molecular flexibility index (Phi) is 6.75. The predicted molar refractivity (Wildman–Crippen MR) is 99.8 cm³/mol. The molecule has 0 radical (unpaired) electrons. The molecule has 3 atom stereocenters. The Morgan fingerprint density at radius 3 is 1.44 bits per heavy atom. The summed E-state index contributed by atoms with van der Waals surface area (Å²) in [5, 5.41) is 5.88. The van der Waals surface area contributed by atoms with Crippen LogP contribution in [0.1, 0.15) is 50.4 Å². The molecule has 2 amide bonds. The molecule has 0 aliphatic heterocycles. The minimum atomic E-state index is -0.697. The molecule has 0 aliphatic carbocycles. The van der Waals surface area contributed by atoms with E-state index in [1.165, 1.54) is 0 Å². The number of benzene rings is 2. The van der Waals surface area contributed by atoms with Gasteiger partial charge in [0.1, 0.15) is 5.92 Å². The van der Waals surface area contributed by atoms with Crippen molar-refractivity contribution in [2.24, 2.45) is 5.92 Å². The molecular weight excluding hydrogens is 312 g/mol. The van der Waals surface area contributed by atoms with Gasteiger partial charge in [0.2, 0.25) is 11.8 Å². The van der Waals surface area contributed by atoms with Gasteiger partial charge in [-0.15, -0.1) is 0 Å². The SMILES string of the molecule is CCC(C(=O)N[C@@H](C)c1ccccc1)C(=O)N[C@H](C)c1ccccc1. The molecule has 2 aromatic carbocycles. The van der Waals surface area contributed by atoms with Gasteiger partial charge < -0.3 is 10.6 Å². The standard InChI is InChI=1S/C21H26N2O2/c1-4-19(20(24)22-15(2)17-11-7-5-8-12-17)21(25)23-16(3)18-13-9-6-10-14-18/h5-16,19H,4H2,1-3H3,(H,22,24)(H,23,25)/t15-,16+,19?. The average Bonchev–Trinajstić information content (AvgIpc) is 2.63. The van der Waals surface area contributed by atoms with E-state index in [4.69, 9.17) is 0 Å². The van der Waals surface area contributed by atoms with Crippen molar-refractivity contribution in [2.45, 2.75) is 39.3 Å². The molecule has 0 spiro atoms. The molecule has 4 heteroatoms. The van der Waals surface area contributed by atoms with E-state index in [9.17, 15) is 9.59 Å². The van der Waals surface area contributed by atoms with Crippen LogP contribution in [0.4, 0.5) is 0 Å². The summed E-state index contributed by atoms with van der Waals surface area (Å²) in [6.45, 7) is 5.69. The molecular formula is C21H26N2O2. The lowest BCUT2D eigenvalue weighted by molar-refractivity contribution is -0.136. The Labute approximate surface area is 149 Å². The maximum absolute atomic E-state index is 12.5. The Morgan fingerprint density at radius 2 is 1.12 bits per heavy atom. The van der Waals surface area contributed by atoms with E-state index in [0.717, 1.165) is 11.1 Å². The van der Waals surface area contributed by atoms with E-state index in [1.54, 1.807) is 0 Å². The summed E-state index contributed by atoms with van der Waals surface area (Å²) in [6.07, 6.45) is 0.459. The molecule has 0 saturated carbocycles. The smallest absolute Gasteiger partial charge is 0.233 e. The van der Waals surface area contributed by atoms with Gasteiger partial charge in [0, 0.05) is 0 Å². The van der Waals surface area contributed by atoms with Crippen molar-refractivity contribution in [3.63, 3.8) is 0 Å². The number of rotatable bonds is 7. The number of carbonyl (C=O) groups excluding carboxylic acids is 2. The van der Waals surface area contributed by atoms with E-state index in [-0.39, 0.29) is 23.9 Å². The fourth-order valence-corrected chi connectivity index (χ4v) is 2.77. The topological polar surface area (TPSA) is 58.2 Å². The molecule has 0 saturated heterocycles. The molecule has 2 aromatic rings. The van der Waals surface area contributed by atoms with Gasteiger partial charge in [-0.05, 0) is 31.4 Å². The summed E-state index contributed by atoms with van der Waals surface area (Å²) in [6, 6.07) is 19.2. The Morgan fingerprint density at radius 1 is 0.760 bits per heavy atom. The molecule has 0 bridgehead atoms. The third-order valence-corrected chi connectivity index (χ3v) is 4.36. The maximum Gasteiger partial charge on any atom is 0.233 e. The van der Waals surface area contributed by atoms with Crippen LogP contribution >= 0.6 is 0 Å². The quantitative estimate of drug-likeness (QED) is 0.755. The minimum absolute atomic E-state index is 0.137. The molecule has 0 aromatic heterocycles. The van der Waals surface area contributed by atoms with Crippen LogP contribution in [0.15, 0.2) is 60.7 Å². The minimum Gasteiger partial charge on any atom is -0.349 e. The monoisotopic (exact) mass is 338 g/mol. The third kappa shape index (κ3) is 5.18. The van der Waals surface area contributed by atoms with Gasteiger partial charge in [0.25, 0.3) is 0 Å². The lowest BCUT2D eigenvalue weighted by atomic mass is 10.0. The predicted octanol–water partition coefficient (Wildman–Crippen LogP) is 3.77. The molecule has 2 N–H and O–H groups in total. The molecule has 0 fully saturated rings. The number of carbonyl (C=O) groups is 2. The zero-order valence-electron chi connectivity index (χ0n) is 15.0. The van der Waals surface area contributed by atoms with Crippen molar-refractivity contribution in [1.29, 1.82) is 0 Å². The van der Waals surface area contributed by atoms with Crippen LogP contribution in [0.3, 0.4) is 0 Å². The third-order valence-electron chi connectivity index (χ3n) is 4.36. The van der Waals surface area contributed by atoms with E-state index < -0.39 is 5.92 Å². The second-order valence-electron chi connectivity index (χ2n) is 6.24. The van der Waals surface area contributed by atoms with Crippen LogP contribution < -0.4 is 10.6 Å². The molecule has 0 aliphatic rings. The highest BCUT2D eigenvalue weighted by atomic mass is 16.2. The summed E-state index contributed by atoms with van der Waals surface area (Å²) in [7, 11) is 0. The highest BCUT2D eigenvalue weighted by Crippen LogP contribution is 2.16. The first-order valence-electron chi connectivity index (χ1n) is 8.73. The molecule has 1 unspecified atom stereocenters. The van der Waals surface area contributed by atoms with Crippen LogP contribution in [-0.4, -0.2) is 11.8 Å². The molecule has 25 heavy (non-hydrogen) atoms. The van der Waals surface area contributed by atoms with Gasteiger partial charge in [0.05, 0.1) is 12.1 Å². The zero-order valence-corrected chi connectivity index (χ0v) is 15.0. The van der Waals surface area contributed by atoms with Crippen LogP contribution in [0.5, 0.6) is 0 Å². The summed E-state index contributed by atoms with van der Waals surface area (Å²) in [5.74, 6) is -1.18. The summed E-state index contributed by atoms with van der Waals surface area (Å²) in [4.78, 5) is 25.1. The number of nitrogens with one attached hydrogen (secondary N) is 2. The lowest BCUT2D eigenvalue weighted by Gasteiger charge is -2.21. The normalized spacial score (nSPS) is 14.2. The van der Waals surface area contributed by atoms with E-state index in [1.807, 2.05) is 81.4 Å². The first kappa shape index (κ1) is 18.7. The first-order chi connectivity index (χ1) is 12.0. The van der Waals surface area contributed by atoms with Gasteiger partial charge in [-0.2, -0.15) is 0 Å². The van der Waals surface area contributed by atoms with Crippen LogP contribution in [0.2, 0.25) is 0 Å². The lowest BCUT2D eigenvalue weighted by Crippen LogP contribution is -2.42. The Hall–Kier alpha value is -2.62. The zero-order chi connectivity index (χ0) is 18.2. The highest BCUT2D eigenvalue weighted by Gasteiger charge is 2.27. The number of hydrogen-bond acceptors (Lipinski definition) is 2. The molecule has 2 rings (SSSR count). The fraction of sp³-hybridized carbons (Fsp3) is 0.333. The van der Waals surface area contributed by atoms with Gasteiger partial charge in [-0.3, -0.25) is 9.59 Å². The van der Waals surface area contributed by atoms with E-state index in [2.05, 4.69) is 10.6 Å². The van der Waals surface area contributed by atoms with Crippen LogP contribution in [0.25, 0.3) is 0 Å². The maximum atomic E-state index is 12.5. The van der Waals surface area contributed by atoms with Crippen molar-refractivity contribution in [2.75, 3.05) is 0 Å². The van der Waals surface area contributed by atoms with Crippen molar-refractivity contribution in [3.05, 3.63) is 71.8 Å². The summed E-state index contributed by atoms with van der Waals surface area (Å²) in [5.41, 5.74) is 2.03. The molecule has 0 heterocycles.